The fraction of sp³-hybridized carbons (Fsp3) is 1.00. The van der Waals surface area contributed by atoms with E-state index in [0.29, 0.717) is 25.6 Å². The average Bonchev–Trinajstić information content (AvgIpc) is 2.19. The monoisotopic (exact) mass is 254 g/mol. The lowest BCUT2D eigenvalue weighted by Gasteiger charge is -2.28. The van der Waals surface area contributed by atoms with E-state index in [1.165, 1.54) is 0 Å². The number of hydrogen-bond acceptors (Lipinski definition) is 5. The lowest BCUT2D eigenvalue weighted by Crippen LogP contribution is -2.46. The third-order valence-corrected chi connectivity index (χ3v) is 5.43. The van der Waals surface area contributed by atoms with E-state index in [2.05, 4.69) is 0 Å². The van der Waals surface area contributed by atoms with E-state index in [1.54, 1.807) is 0 Å². The van der Waals surface area contributed by atoms with Crippen LogP contribution in [0.25, 0.3) is 0 Å². The van der Waals surface area contributed by atoms with Crippen molar-refractivity contribution in [2.24, 2.45) is 0 Å². The van der Waals surface area contributed by atoms with Crippen LogP contribution in [0.1, 0.15) is 27.2 Å². The van der Waals surface area contributed by atoms with Crippen molar-refractivity contribution >= 4 is 20.8 Å². The summed E-state index contributed by atoms with van der Waals surface area (Å²) in [5.74, 6) is 0.696. The summed E-state index contributed by atoms with van der Waals surface area (Å²) < 4.78 is 25.6. The van der Waals surface area contributed by atoms with Crippen molar-refractivity contribution in [2.45, 2.75) is 33.2 Å². The smallest absolute Gasteiger partial charge is 0.374 e. The van der Waals surface area contributed by atoms with Crippen molar-refractivity contribution in [2.75, 3.05) is 25.6 Å². The molecule has 0 aliphatic rings. The maximum absolute atomic E-state index is 8.66. The van der Waals surface area contributed by atoms with Gasteiger partial charge in [0.15, 0.2) is 0 Å². The van der Waals surface area contributed by atoms with Gasteiger partial charge in [-0.25, -0.2) is 0 Å². The summed E-state index contributed by atoms with van der Waals surface area (Å²) in [6.45, 7) is 7.66. The molecule has 0 radical (unpaired) electrons. The highest BCUT2D eigenvalue weighted by Gasteiger charge is 2.39. The van der Waals surface area contributed by atoms with Crippen LogP contribution in [0, 0.1) is 0 Å². The molecule has 0 fully saturated rings. The van der Waals surface area contributed by atoms with Gasteiger partial charge in [0, 0.05) is 31.6 Å². The van der Waals surface area contributed by atoms with Crippen LogP contribution in [0.15, 0.2) is 0 Å². The lowest BCUT2D eigenvalue weighted by atomic mass is 10.6. The highest BCUT2D eigenvalue weighted by atomic mass is 32.2. The Balaban J connectivity index is 4.18. The third-order valence-electron chi connectivity index (χ3n) is 1.81. The second-order valence-electron chi connectivity index (χ2n) is 2.92. The van der Waals surface area contributed by atoms with Crippen LogP contribution in [0.2, 0.25) is 6.04 Å². The first-order valence-corrected chi connectivity index (χ1v) is 8.30. The number of rotatable bonds is 10. The van der Waals surface area contributed by atoms with Crippen LogP contribution in [0.4, 0.5) is 0 Å². The van der Waals surface area contributed by atoms with Crippen molar-refractivity contribution in [3.63, 3.8) is 0 Å². The van der Waals surface area contributed by atoms with Crippen LogP contribution in [-0.2, 0) is 13.3 Å². The third kappa shape index (κ3) is 6.55. The first kappa shape index (κ1) is 15.4. The van der Waals surface area contributed by atoms with E-state index >= 15 is 0 Å². The molecule has 1 N–H and O–H groups in total. The number of hydrogen-bond donors (Lipinski definition) is 1. The van der Waals surface area contributed by atoms with Crippen LogP contribution in [-0.4, -0.2) is 38.9 Å². The van der Waals surface area contributed by atoms with Gasteiger partial charge in [0.1, 0.15) is 0 Å². The zero-order chi connectivity index (χ0) is 11.6. The Bertz CT molecular complexity index is 131. The summed E-state index contributed by atoms with van der Waals surface area (Å²) in [6, 6.07) is 0.774. The largest absolute Gasteiger partial charge is 0.500 e. The standard InChI is InChI=1S/C9H22O4SSi/c1-4-11-15(12-5-2,13-6-3)9-7-8-14-10/h10H,4-9H2,1-3H3. The Morgan fingerprint density at radius 1 is 1.00 bits per heavy atom. The van der Waals surface area contributed by atoms with Gasteiger partial charge in [-0.2, -0.15) is 0 Å². The molecule has 92 valence electrons. The molecule has 0 saturated heterocycles. The van der Waals surface area contributed by atoms with Gasteiger partial charge in [-0.15, -0.1) is 0 Å². The fourth-order valence-corrected chi connectivity index (χ4v) is 4.50. The van der Waals surface area contributed by atoms with E-state index in [9.17, 15) is 0 Å². The molecule has 0 amide bonds. The van der Waals surface area contributed by atoms with Crippen molar-refractivity contribution in [3.05, 3.63) is 0 Å². The minimum atomic E-state index is -2.46. The molecule has 0 aliphatic carbocycles. The molecule has 0 atom stereocenters. The van der Waals surface area contributed by atoms with E-state index in [4.69, 9.17) is 17.8 Å². The Hall–Kier alpha value is 0.407. The van der Waals surface area contributed by atoms with E-state index < -0.39 is 8.80 Å². The molecular formula is C9H22O4SSi. The normalized spacial score (nSPS) is 12.0. The predicted octanol–water partition coefficient (Wildman–Crippen LogP) is 2.63. The Morgan fingerprint density at radius 3 is 1.80 bits per heavy atom. The maximum atomic E-state index is 8.66. The summed E-state index contributed by atoms with van der Waals surface area (Å²) in [4.78, 5) is 0. The van der Waals surface area contributed by atoms with E-state index in [1.807, 2.05) is 20.8 Å². The zero-order valence-corrected chi connectivity index (χ0v) is 11.6. The summed E-state index contributed by atoms with van der Waals surface area (Å²) in [6.07, 6.45) is 0.855. The zero-order valence-electron chi connectivity index (χ0n) is 9.82. The molecule has 0 spiro atoms. The topological polar surface area (TPSA) is 47.9 Å². The molecule has 4 nitrogen and oxygen atoms in total. The molecule has 0 aromatic carbocycles. The van der Waals surface area contributed by atoms with Gasteiger partial charge < -0.3 is 17.8 Å². The van der Waals surface area contributed by atoms with Crippen molar-refractivity contribution in [1.29, 1.82) is 0 Å². The van der Waals surface area contributed by atoms with E-state index in [-0.39, 0.29) is 0 Å². The Labute approximate surface area is 97.9 Å². The molecule has 0 aliphatic heterocycles. The fourth-order valence-electron chi connectivity index (χ4n) is 1.35. The molecule has 0 aromatic heterocycles. The highest BCUT2D eigenvalue weighted by molar-refractivity contribution is 7.93. The van der Waals surface area contributed by atoms with Crippen molar-refractivity contribution < 1.29 is 17.8 Å². The van der Waals surface area contributed by atoms with Gasteiger partial charge in [-0.3, -0.25) is 0 Å². The van der Waals surface area contributed by atoms with Gasteiger partial charge in [0.2, 0.25) is 0 Å². The van der Waals surface area contributed by atoms with Crippen LogP contribution < -0.4 is 0 Å². The van der Waals surface area contributed by atoms with Crippen LogP contribution in [0.3, 0.4) is 0 Å². The first-order chi connectivity index (χ1) is 7.24. The molecule has 0 saturated carbocycles. The Morgan fingerprint density at radius 2 is 1.47 bits per heavy atom. The quantitative estimate of drug-likeness (QED) is 0.369. The minimum absolute atomic E-state index is 0.610. The van der Waals surface area contributed by atoms with Gasteiger partial charge in [0.25, 0.3) is 0 Å². The van der Waals surface area contributed by atoms with Crippen molar-refractivity contribution in [1.82, 2.24) is 0 Å². The minimum Gasteiger partial charge on any atom is -0.374 e. The molecule has 0 heterocycles. The summed E-state index contributed by atoms with van der Waals surface area (Å²) in [5.41, 5.74) is 0. The van der Waals surface area contributed by atoms with Crippen LogP contribution >= 0.6 is 12.0 Å². The second kappa shape index (κ2) is 9.62. The van der Waals surface area contributed by atoms with Gasteiger partial charge in [0.05, 0.1) is 0 Å². The van der Waals surface area contributed by atoms with Crippen LogP contribution in [0.5, 0.6) is 0 Å². The molecule has 15 heavy (non-hydrogen) atoms. The SMILES string of the molecule is CCO[Si](CCCSO)(OCC)OCC. The van der Waals surface area contributed by atoms with Gasteiger partial charge >= 0.3 is 8.80 Å². The summed E-state index contributed by atoms with van der Waals surface area (Å²) >= 11 is 0.852. The molecule has 0 bridgehead atoms. The molecule has 0 aromatic rings. The lowest BCUT2D eigenvalue weighted by molar-refractivity contribution is 0.0712. The Kier molecular flexibility index (Phi) is 9.88. The average molecular weight is 254 g/mol. The first-order valence-electron chi connectivity index (χ1n) is 5.42. The molecule has 0 rings (SSSR count). The molecular weight excluding hydrogens is 232 g/mol. The summed E-state index contributed by atoms with van der Waals surface area (Å²) in [7, 11) is -2.46. The van der Waals surface area contributed by atoms with Gasteiger partial charge in [-0.1, -0.05) is 0 Å². The maximum Gasteiger partial charge on any atom is 0.500 e. The molecule has 6 heteroatoms. The predicted molar refractivity (Wildman–Crippen MR) is 65.1 cm³/mol. The highest BCUT2D eigenvalue weighted by Crippen LogP contribution is 2.19. The van der Waals surface area contributed by atoms with Crippen molar-refractivity contribution in [3.8, 4) is 0 Å². The summed E-state index contributed by atoms with van der Waals surface area (Å²) in [5, 5.41) is 0. The second-order valence-corrected chi connectivity index (χ2v) is 6.32. The molecule has 0 unspecified atom stereocenters. The van der Waals surface area contributed by atoms with E-state index in [0.717, 1.165) is 24.5 Å². The van der Waals surface area contributed by atoms with Gasteiger partial charge in [-0.05, 0) is 39.2 Å².